The maximum Gasteiger partial charge on any atom is 0.0882 e. The van der Waals surface area contributed by atoms with Gasteiger partial charge >= 0.3 is 0 Å². The van der Waals surface area contributed by atoms with E-state index in [9.17, 15) is 0 Å². The van der Waals surface area contributed by atoms with Gasteiger partial charge in [-0.3, -0.25) is 3.93 Å². The molecular weight excluding hydrogens is 546 g/mol. The van der Waals surface area contributed by atoms with Crippen molar-refractivity contribution in [2.75, 3.05) is 3.93 Å². The van der Waals surface area contributed by atoms with Crippen molar-refractivity contribution in [2.45, 2.75) is 46.1 Å². The van der Waals surface area contributed by atoms with Gasteiger partial charge in [-0.15, -0.1) is 0 Å². The first kappa shape index (κ1) is 22.1. The minimum absolute atomic E-state index is 0.254. The fraction of sp³-hybridized carbons (Fsp3) is 0.226. The van der Waals surface area contributed by atoms with Crippen LogP contribution in [0.15, 0.2) is 81.9 Å². The van der Waals surface area contributed by atoms with Crippen molar-refractivity contribution < 1.29 is 0 Å². The summed E-state index contributed by atoms with van der Waals surface area (Å²) in [6, 6.07) is 22.6. The number of benzene rings is 3. The van der Waals surface area contributed by atoms with Crippen LogP contribution in [0.3, 0.4) is 0 Å². The molecule has 34 heavy (non-hydrogen) atoms. The van der Waals surface area contributed by atoms with Crippen LogP contribution in [0.4, 0.5) is 5.69 Å². The number of halogens is 2. The lowest BCUT2D eigenvalue weighted by atomic mass is 9.86. The van der Waals surface area contributed by atoms with Crippen molar-refractivity contribution >= 4 is 55.0 Å². The van der Waals surface area contributed by atoms with Crippen LogP contribution in [0, 0.1) is 6.92 Å². The zero-order valence-corrected chi connectivity index (χ0v) is 23.1. The van der Waals surface area contributed by atoms with E-state index in [1.54, 1.807) is 0 Å². The Kier molecular flexibility index (Phi) is 5.27. The van der Waals surface area contributed by atoms with Crippen LogP contribution >= 0.6 is 32.1 Å². The lowest BCUT2D eigenvalue weighted by Crippen LogP contribution is -2.21. The Labute approximate surface area is 219 Å². The van der Waals surface area contributed by atoms with Gasteiger partial charge in [0, 0.05) is 16.0 Å². The Bertz CT molecular complexity index is 1440. The second-order valence-electron chi connectivity index (χ2n) is 9.86. The third kappa shape index (κ3) is 3.17. The fourth-order valence-electron chi connectivity index (χ4n) is 6.06. The Hall–Kier alpha value is -2.36. The SMILES string of the molecule is CC1=Cc2c(Br)cccc2C1Cc1cc2c(cc1C)N(Br)C1C(C)=C(C)C(c3ccccc3)=C21. The summed E-state index contributed by atoms with van der Waals surface area (Å²) in [5, 5.41) is 0. The summed E-state index contributed by atoms with van der Waals surface area (Å²) in [4.78, 5) is 0. The number of aryl methyl sites for hydroxylation is 1. The minimum atomic E-state index is 0.254. The highest BCUT2D eigenvalue weighted by molar-refractivity contribution is 9.10. The molecule has 2 aliphatic carbocycles. The molecule has 2 atom stereocenters. The third-order valence-electron chi connectivity index (χ3n) is 7.99. The van der Waals surface area contributed by atoms with Gasteiger partial charge in [0.05, 0.1) is 27.9 Å². The van der Waals surface area contributed by atoms with Gasteiger partial charge in [0.15, 0.2) is 0 Å². The average molecular weight is 573 g/mol. The quantitative estimate of drug-likeness (QED) is 0.283. The summed E-state index contributed by atoms with van der Waals surface area (Å²) in [7, 11) is 0. The monoisotopic (exact) mass is 571 g/mol. The van der Waals surface area contributed by atoms with Crippen LogP contribution in [0.5, 0.6) is 0 Å². The molecule has 3 aromatic rings. The molecule has 0 N–H and O–H groups in total. The minimum Gasteiger partial charge on any atom is -0.297 e. The molecule has 0 spiro atoms. The molecule has 2 unspecified atom stereocenters. The van der Waals surface area contributed by atoms with Gasteiger partial charge < -0.3 is 0 Å². The maximum absolute atomic E-state index is 3.95. The molecule has 3 heteroatoms. The van der Waals surface area contributed by atoms with Gasteiger partial charge in [-0.2, -0.15) is 0 Å². The lowest BCUT2D eigenvalue weighted by molar-refractivity contribution is 0.799. The maximum atomic E-state index is 3.95. The smallest absolute Gasteiger partial charge is 0.0882 e. The van der Waals surface area contributed by atoms with Gasteiger partial charge in [0.1, 0.15) is 0 Å². The van der Waals surface area contributed by atoms with Gasteiger partial charge in [0.2, 0.25) is 0 Å². The summed E-state index contributed by atoms with van der Waals surface area (Å²) in [6.07, 6.45) is 3.38. The molecule has 1 heterocycles. The van der Waals surface area contributed by atoms with Crippen molar-refractivity contribution in [3.8, 4) is 0 Å². The Balaban J connectivity index is 1.48. The van der Waals surface area contributed by atoms with E-state index in [0.717, 1.165) is 6.42 Å². The molecule has 3 aromatic carbocycles. The largest absolute Gasteiger partial charge is 0.297 e. The number of nitrogens with zero attached hydrogens (tertiary/aromatic N) is 1. The van der Waals surface area contributed by atoms with Crippen molar-refractivity contribution in [1.29, 1.82) is 0 Å². The lowest BCUT2D eigenvalue weighted by Gasteiger charge is -2.21. The molecule has 0 fully saturated rings. The topological polar surface area (TPSA) is 3.24 Å². The van der Waals surface area contributed by atoms with E-state index < -0.39 is 0 Å². The van der Waals surface area contributed by atoms with Crippen LogP contribution in [0.25, 0.3) is 17.2 Å². The molecule has 3 aliphatic rings. The van der Waals surface area contributed by atoms with E-state index in [1.807, 2.05) is 0 Å². The van der Waals surface area contributed by atoms with Crippen LogP contribution in [-0.4, -0.2) is 6.04 Å². The number of fused-ring (bicyclic) bond motifs is 4. The fourth-order valence-corrected chi connectivity index (χ4v) is 7.36. The van der Waals surface area contributed by atoms with Gasteiger partial charge in [-0.05, 0) is 102 Å². The van der Waals surface area contributed by atoms with E-state index in [0.29, 0.717) is 5.92 Å². The summed E-state index contributed by atoms with van der Waals surface area (Å²) in [5.41, 5.74) is 16.6. The van der Waals surface area contributed by atoms with E-state index in [-0.39, 0.29) is 6.04 Å². The second-order valence-corrected chi connectivity index (χ2v) is 11.5. The molecule has 6 rings (SSSR count). The van der Waals surface area contributed by atoms with Gasteiger partial charge in [-0.25, -0.2) is 0 Å². The standard InChI is InChI=1S/C31H27Br2N/c1-17-14-28-26(16-22(17)15-24-18(2)13-25-23(24)11-8-12-27(25)32)30-29(21-9-6-5-7-10-21)19(3)20(4)31(30)34(28)33/h5-14,16,24,31H,15H2,1-4H3. The molecule has 0 saturated heterocycles. The second kappa shape index (κ2) is 8.10. The molecular formula is C31H27Br2N. The van der Waals surface area contributed by atoms with Crippen molar-refractivity contribution in [1.82, 2.24) is 0 Å². The van der Waals surface area contributed by atoms with Crippen molar-refractivity contribution in [2.24, 2.45) is 0 Å². The predicted octanol–water partition coefficient (Wildman–Crippen LogP) is 9.26. The molecule has 0 radical (unpaired) electrons. The van der Waals surface area contributed by atoms with Crippen LogP contribution in [0.1, 0.15) is 60.1 Å². The van der Waals surface area contributed by atoms with Gasteiger partial charge in [-0.1, -0.05) is 70.0 Å². The Morgan fingerprint density at radius 2 is 1.68 bits per heavy atom. The van der Waals surface area contributed by atoms with Crippen molar-refractivity contribution in [3.63, 3.8) is 0 Å². The van der Waals surface area contributed by atoms with E-state index >= 15 is 0 Å². The molecule has 0 bridgehead atoms. The normalized spacial score (nSPS) is 20.6. The number of anilines is 1. The number of hydrogen-bond donors (Lipinski definition) is 0. The highest BCUT2D eigenvalue weighted by Gasteiger charge is 2.42. The first-order valence-corrected chi connectivity index (χ1v) is 13.4. The summed E-state index contributed by atoms with van der Waals surface area (Å²) in [6.45, 7) is 9.10. The number of allylic oxidation sites excluding steroid dienone is 3. The van der Waals surface area contributed by atoms with Crippen LogP contribution in [0.2, 0.25) is 0 Å². The van der Waals surface area contributed by atoms with E-state index in [1.165, 1.54) is 71.4 Å². The molecule has 0 saturated carbocycles. The first-order valence-electron chi connectivity index (χ1n) is 11.9. The number of hydrogen-bond acceptors (Lipinski definition) is 1. The molecule has 1 nitrogen and oxygen atoms in total. The predicted molar refractivity (Wildman–Crippen MR) is 152 cm³/mol. The van der Waals surface area contributed by atoms with E-state index in [2.05, 4.69) is 130 Å². The summed E-state index contributed by atoms with van der Waals surface area (Å²) in [5.74, 6) is 0.425. The van der Waals surface area contributed by atoms with Crippen LogP contribution in [-0.2, 0) is 6.42 Å². The summed E-state index contributed by atoms with van der Waals surface area (Å²) >= 11 is 7.70. The molecule has 0 amide bonds. The zero-order valence-electron chi connectivity index (χ0n) is 19.9. The first-order chi connectivity index (χ1) is 16.4. The third-order valence-corrected chi connectivity index (χ3v) is 9.47. The van der Waals surface area contributed by atoms with E-state index in [4.69, 9.17) is 0 Å². The molecule has 1 aliphatic heterocycles. The van der Waals surface area contributed by atoms with Gasteiger partial charge in [0.25, 0.3) is 0 Å². The molecule has 0 aromatic heterocycles. The zero-order chi connectivity index (χ0) is 23.7. The Morgan fingerprint density at radius 1 is 0.912 bits per heavy atom. The number of rotatable bonds is 3. The van der Waals surface area contributed by atoms with Crippen LogP contribution < -0.4 is 3.93 Å². The highest BCUT2D eigenvalue weighted by Crippen LogP contribution is 2.55. The Morgan fingerprint density at radius 3 is 2.44 bits per heavy atom. The summed E-state index contributed by atoms with van der Waals surface area (Å²) < 4.78 is 3.49. The van der Waals surface area contributed by atoms with Crippen molar-refractivity contribution in [3.05, 3.63) is 115 Å². The molecule has 170 valence electrons. The average Bonchev–Trinajstić information content (AvgIpc) is 3.39. The highest BCUT2D eigenvalue weighted by atomic mass is 79.9.